The van der Waals surface area contributed by atoms with Crippen molar-refractivity contribution in [2.24, 2.45) is 0 Å². The van der Waals surface area contributed by atoms with Gasteiger partial charge in [-0.3, -0.25) is 9.78 Å². The van der Waals surface area contributed by atoms with Gasteiger partial charge in [-0.05, 0) is 35.4 Å². The lowest BCUT2D eigenvalue weighted by molar-refractivity contribution is -0.171. The third-order valence-electron chi connectivity index (χ3n) is 3.33. The summed E-state index contributed by atoms with van der Waals surface area (Å²) >= 11 is 0. The SMILES string of the molecule is COc1ccc(C(CC(=O)C(F)(F)F)c2ccncc2)cc1. The van der Waals surface area contributed by atoms with Crippen molar-refractivity contribution >= 4 is 5.78 Å². The summed E-state index contributed by atoms with van der Waals surface area (Å²) in [4.78, 5) is 15.2. The topological polar surface area (TPSA) is 39.2 Å². The van der Waals surface area contributed by atoms with E-state index in [1.807, 2.05) is 0 Å². The molecule has 3 nitrogen and oxygen atoms in total. The number of alkyl halides is 3. The van der Waals surface area contributed by atoms with Crippen LogP contribution in [-0.4, -0.2) is 24.1 Å². The molecule has 0 saturated carbocycles. The van der Waals surface area contributed by atoms with Crippen molar-refractivity contribution in [1.82, 2.24) is 4.98 Å². The van der Waals surface area contributed by atoms with Crippen LogP contribution in [0.2, 0.25) is 0 Å². The minimum Gasteiger partial charge on any atom is -0.497 e. The number of carbonyl (C=O) groups is 1. The van der Waals surface area contributed by atoms with Crippen LogP contribution in [0.15, 0.2) is 48.8 Å². The monoisotopic (exact) mass is 309 g/mol. The Hall–Kier alpha value is -2.37. The highest BCUT2D eigenvalue weighted by Gasteiger charge is 2.39. The van der Waals surface area contributed by atoms with Crippen LogP contribution in [0.3, 0.4) is 0 Å². The van der Waals surface area contributed by atoms with Crippen molar-refractivity contribution < 1.29 is 22.7 Å². The molecule has 1 unspecified atom stereocenters. The molecule has 22 heavy (non-hydrogen) atoms. The summed E-state index contributed by atoms with van der Waals surface area (Å²) in [6.07, 6.45) is -2.49. The molecule has 0 aliphatic rings. The molecular weight excluding hydrogens is 295 g/mol. The number of ketones is 1. The summed E-state index contributed by atoms with van der Waals surface area (Å²) in [5.41, 5.74) is 1.22. The molecule has 2 rings (SSSR count). The highest BCUT2D eigenvalue weighted by atomic mass is 19.4. The number of hydrogen-bond donors (Lipinski definition) is 0. The molecule has 0 aliphatic carbocycles. The highest BCUT2D eigenvalue weighted by molar-refractivity contribution is 5.85. The van der Waals surface area contributed by atoms with E-state index in [-0.39, 0.29) is 0 Å². The standard InChI is InChI=1S/C16H14F3NO2/c1-22-13-4-2-11(3-5-13)14(10-15(21)16(17,18)19)12-6-8-20-9-7-12/h2-9,14H,10H2,1H3. The number of carbonyl (C=O) groups excluding carboxylic acids is 1. The lowest BCUT2D eigenvalue weighted by Crippen LogP contribution is -2.25. The Kier molecular flexibility index (Phi) is 4.80. The number of pyridine rings is 1. The average molecular weight is 309 g/mol. The quantitative estimate of drug-likeness (QED) is 0.844. The number of hydrogen-bond acceptors (Lipinski definition) is 3. The van der Waals surface area contributed by atoms with Crippen molar-refractivity contribution in [2.45, 2.75) is 18.5 Å². The van der Waals surface area contributed by atoms with Gasteiger partial charge in [-0.1, -0.05) is 12.1 Å². The minimum absolute atomic E-state index is 0.597. The minimum atomic E-state index is -4.84. The van der Waals surface area contributed by atoms with Gasteiger partial charge in [0.1, 0.15) is 5.75 Å². The fourth-order valence-corrected chi connectivity index (χ4v) is 2.16. The van der Waals surface area contributed by atoms with E-state index in [0.29, 0.717) is 16.9 Å². The number of halogens is 3. The van der Waals surface area contributed by atoms with Gasteiger partial charge in [0.2, 0.25) is 5.78 Å². The van der Waals surface area contributed by atoms with Crippen molar-refractivity contribution in [3.63, 3.8) is 0 Å². The van der Waals surface area contributed by atoms with Gasteiger partial charge < -0.3 is 4.74 Å². The van der Waals surface area contributed by atoms with E-state index in [0.717, 1.165) is 0 Å². The summed E-state index contributed by atoms with van der Waals surface area (Å²) in [5, 5.41) is 0. The van der Waals surface area contributed by atoms with Gasteiger partial charge in [0.25, 0.3) is 0 Å². The third kappa shape index (κ3) is 3.84. The van der Waals surface area contributed by atoms with Gasteiger partial charge in [0.15, 0.2) is 0 Å². The molecule has 0 amide bonds. The number of methoxy groups -OCH3 is 1. The second-order valence-electron chi connectivity index (χ2n) is 4.73. The van der Waals surface area contributed by atoms with Crippen LogP contribution in [0.4, 0.5) is 13.2 Å². The molecule has 1 aromatic heterocycles. The predicted octanol–water partition coefficient (Wildman–Crippen LogP) is 3.74. The second-order valence-corrected chi connectivity index (χ2v) is 4.73. The summed E-state index contributed by atoms with van der Waals surface area (Å²) in [6.45, 7) is 0. The fourth-order valence-electron chi connectivity index (χ4n) is 2.16. The first-order chi connectivity index (χ1) is 10.4. The van der Waals surface area contributed by atoms with Gasteiger partial charge in [-0.2, -0.15) is 13.2 Å². The van der Waals surface area contributed by atoms with E-state index in [2.05, 4.69) is 4.98 Å². The molecular formula is C16H14F3NO2. The first-order valence-corrected chi connectivity index (χ1v) is 6.55. The highest BCUT2D eigenvalue weighted by Crippen LogP contribution is 2.32. The molecule has 0 N–H and O–H groups in total. The maximum atomic E-state index is 12.6. The van der Waals surface area contributed by atoms with E-state index in [4.69, 9.17) is 4.74 Å². The van der Waals surface area contributed by atoms with Crippen LogP contribution >= 0.6 is 0 Å². The molecule has 0 fully saturated rings. The number of Topliss-reactive ketones (excluding diaryl/α,β-unsaturated/α-hetero) is 1. The second kappa shape index (κ2) is 6.60. The Labute approximate surface area is 125 Å². The average Bonchev–Trinajstić information content (AvgIpc) is 2.52. The first-order valence-electron chi connectivity index (χ1n) is 6.55. The van der Waals surface area contributed by atoms with E-state index < -0.39 is 24.3 Å². The Morgan fingerprint density at radius 1 is 1.09 bits per heavy atom. The first kappa shape index (κ1) is 16.0. The van der Waals surface area contributed by atoms with Gasteiger partial charge in [0, 0.05) is 24.7 Å². The van der Waals surface area contributed by atoms with Crippen LogP contribution in [0.25, 0.3) is 0 Å². The smallest absolute Gasteiger partial charge is 0.450 e. The molecule has 0 radical (unpaired) electrons. The largest absolute Gasteiger partial charge is 0.497 e. The maximum absolute atomic E-state index is 12.6. The van der Waals surface area contributed by atoms with Gasteiger partial charge in [0.05, 0.1) is 7.11 Å². The zero-order chi connectivity index (χ0) is 16.2. The summed E-state index contributed by atoms with van der Waals surface area (Å²) in [7, 11) is 1.50. The molecule has 116 valence electrons. The van der Waals surface area contributed by atoms with E-state index in [9.17, 15) is 18.0 Å². The Balaban J connectivity index is 2.35. The number of nitrogens with zero attached hydrogens (tertiary/aromatic N) is 1. The number of rotatable bonds is 5. The van der Waals surface area contributed by atoms with Crippen LogP contribution in [0.5, 0.6) is 5.75 Å². The van der Waals surface area contributed by atoms with Crippen molar-refractivity contribution in [3.8, 4) is 5.75 Å². The van der Waals surface area contributed by atoms with Crippen LogP contribution in [0, 0.1) is 0 Å². The van der Waals surface area contributed by atoms with Crippen molar-refractivity contribution in [1.29, 1.82) is 0 Å². The fraction of sp³-hybridized carbons (Fsp3) is 0.250. The molecule has 2 aromatic rings. The van der Waals surface area contributed by atoms with Crippen LogP contribution in [0.1, 0.15) is 23.5 Å². The Morgan fingerprint density at radius 3 is 2.14 bits per heavy atom. The van der Waals surface area contributed by atoms with E-state index in [1.165, 1.54) is 19.5 Å². The summed E-state index contributed by atoms with van der Waals surface area (Å²) < 4.78 is 42.8. The van der Waals surface area contributed by atoms with E-state index in [1.54, 1.807) is 36.4 Å². The Bertz CT molecular complexity index is 624. The zero-order valence-electron chi connectivity index (χ0n) is 11.8. The summed E-state index contributed by atoms with van der Waals surface area (Å²) in [6, 6.07) is 9.85. The number of benzene rings is 1. The van der Waals surface area contributed by atoms with Crippen molar-refractivity contribution in [3.05, 3.63) is 59.9 Å². The predicted molar refractivity (Wildman–Crippen MR) is 74.8 cm³/mol. The summed E-state index contributed by atoms with van der Waals surface area (Å²) in [5.74, 6) is -1.83. The molecule has 1 aromatic carbocycles. The molecule has 0 aliphatic heterocycles. The van der Waals surface area contributed by atoms with Crippen molar-refractivity contribution in [2.75, 3.05) is 7.11 Å². The molecule has 6 heteroatoms. The molecule has 1 heterocycles. The molecule has 0 spiro atoms. The lowest BCUT2D eigenvalue weighted by atomic mass is 9.87. The van der Waals surface area contributed by atoms with Crippen LogP contribution < -0.4 is 4.74 Å². The molecule has 1 atom stereocenters. The van der Waals surface area contributed by atoms with E-state index >= 15 is 0 Å². The number of ether oxygens (including phenoxy) is 1. The van der Waals surface area contributed by atoms with Crippen LogP contribution in [-0.2, 0) is 4.79 Å². The third-order valence-corrected chi connectivity index (χ3v) is 3.33. The number of aromatic nitrogens is 1. The zero-order valence-corrected chi connectivity index (χ0v) is 11.8. The maximum Gasteiger partial charge on any atom is 0.450 e. The lowest BCUT2D eigenvalue weighted by Gasteiger charge is -2.18. The molecule has 0 saturated heterocycles. The van der Waals surface area contributed by atoms with Gasteiger partial charge in [-0.25, -0.2) is 0 Å². The molecule has 0 bridgehead atoms. The Morgan fingerprint density at radius 2 is 1.64 bits per heavy atom. The van der Waals surface area contributed by atoms with Gasteiger partial charge in [-0.15, -0.1) is 0 Å². The normalized spacial score (nSPS) is 12.7. The van der Waals surface area contributed by atoms with Gasteiger partial charge >= 0.3 is 6.18 Å².